The van der Waals surface area contributed by atoms with E-state index in [0.29, 0.717) is 5.75 Å². The van der Waals surface area contributed by atoms with E-state index in [1.54, 1.807) is 18.2 Å². The number of carbonyl (C=O) groups excluding carboxylic acids is 1. The monoisotopic (exact) mass is 234 g/mol. The molecule has 1 aromatic carbocycles. The standard InChI is InChI=1S/C13H14O4/c1-9(14)7-11(15)5-3-10-4-6-12(16)13(8-10)17-2/h3-8,14,16H,1-2H3/b5-3+,9-7-. The summed E-state index contributed by atoms with van der Waals surface area (Å²) in [5, 5.41) is 18.3. The molecule has 4 heteroatoms. The second-order valence-corrected chi connectivity index (χ2v) is 3.45. The molecule has 0 aromatic heterocycles. The summed E-state index contributed by atoms with van der Waals surface area (Å²) in [6.45, 7) is 1.43. The van der Waals surface area contributed by atoms with Gasteiger partial charge in [-0.05, 0) is 30.7 Å². The van der Waals surface area contributed by atoms with Crippen molar-refractivity contribution in [2.45, 2.75) is 6.92 Å². The summed E-state index contributed by atoms with van der Waals surface area (Å²) in [5.41, 5.74) is 0.719. The van der Waals surface area contributed by atoms with Crippen LogP contribution in [-0.4, -0.2) is 23.1 Å². The van der Waals surface area contributed by atoms with E-state index in [4.69, 9.17) is 9.84 Å². The van der Waals surface area contributed by atoms with Gasteiger partial charge >= 0.3 is 0 Å². The quantitative estimate of drug-likeness (QED) is 0.620. The number of phenols is 1. The van der Waals surface area contributed by atoms with Crippen LogP contribution in [0.15, 0.2) is 36.1 Å². The van der Waals surface area contributed by atoms with Crippen molar-refractivity contribution in [3.8, 4) is 11.5 Å². The molecule has 0 saturated heterocycles. The van der Waals surface area contributed by atoms with Gasteiger partial charge in [-0.25, -0.2) is 0 Å². The second kappa shape index (κ2) is 5.75. The number of methoxy groups -OCH3 is 1. The molecule has 0 saturated carbocycles. The third kappa shape index (κ3) is 4.03. The zero-order valence-corrected chi connectivity index (χ0v) is 9.68. The number of hydrogen-bond donors (Lipinski definition) is 2. The minimum atomic E-state index is -0.308. The topological polar surface area (TPSA) is 66.8 Å². The Morgan fingerprint density at radius 1 is 1.41 bits per heavy atom. The van der Waals surface area contributed by atoms with Crippen LogP contribution < -0.4 is 4.74 Å². The van der Waals surface area contributed by atoms with Gasteiger partial charge in [0.25, 0.3) is 0 Å². The summed E-state index contributed by atoms with van der Waals surface area (Å²) in [6, 6.07) is 4.74. The first-order chi connectivity index (χ1) is 8.02. The van der Waals surface area contributed by atoms with E-state index in [0.717, 1.165) is 11.6 Å². The molecule has 0 bridgehead atoms. The van der Waals surface area contributed by atoms with Crippen LogP contribution in [0.2, 0.25) is 0 Å². The number of ether oxygens (including phenoxy) is 1. The minimum Gasteiger partial charge on any atom is -0.512 e. The van der Waals surface area contributed by atoms with Gasteiger partial charge in [0.1, 0.15) is 0 Å². The van der Waals surface area contributed by atoms with Gasteiger partial charge in [-0.1, -0.05) is 12.1 Å². The number of aliphatic hydroxyl groups excluding tert-OH is 1. The molecule has 0 unspecified atom stereocenters. The molecule has 1 rings (SSSR count). The Hall–Kier alpha value is -2.23. The molecule has 1 aromatic rings. The zero-order chi connectivity index (χ0) is 12.8. The van der Waals surface area contributed by atoms with Gasteiger partial charge in [-0.2, -0.15) is 0 Å². The maximum atomic E-state index is 11.2. The number of aromatic hydroxyl groups is 1. The van der Waals surface area contributed by atoms with Crippen LogP contribution in [0.5, 0.6) is 11.5 Å². The van der Waals surface area contributed by atoms with Gasteiger partial charge in [0.15, 0.2) is 17.3 Å². The smallest absolute Gasteiger partial charge is 0.181 e. The summed E-state index contributed by atoms with van der Waals surface area (Å²) in [7, 11) is 1.45. The molecule has 0 fully saturated rings. The number of rotatable bonds is 4. The number of ketones is 1. The van der Waals surface area contributed by atoms with Crippen molar-refractivity contribution in [1.82, 2.24) is 0 Å². The largest absolute Gasteiger partial charge is 0.512 e. The molecule has 0 atom stereocenters. The Kier molecular flexibility index (Phi) is 4.34. The van der Waals surface area contributed by atoms with E-state index < -0.39 is 0 Å². The lowest BCUT2D eigenvalue weighted by Crippen LogP contribution is -1.88. The highest BCUT2D eigenvalue weighted by Gasteiger charge is 2.00. The fourth-order valence-electron chi connectivity index (χ4n) is 1.23. The Labute approximate surface area is 99.5 Å². The highest BCUT2D eigenvalue weighted by Crippen LogP contribution is 2.26. The van der Waals surface area contributed by atoms with Crippen LogP contribution in [0.1, 0.15) is 12.5 Å². The SMILES string of the molecule is COc1cc(/C=C/C(=O)/C=C(/C)O)ccc1O. The fourth-order valence-corrected chi connectivity index (χ4v) is 1.23. The van der Waals surface area contributed by atoms with Crippen LogP contribution in [0.25, 0.3) is 6.08 Å². The van der Waals surface area contributed by atoms with Crippen LogP contribution in [0, 0.1) is 0 Å². The molecular formula is C13H14O4. The van der Waals surface area contributed by atoms with Crippen molar-refractivity contribution in [2.75, 3.05) is 7.11 Å². The Morgan fingerprint density at radius 2 is 2.12 bits per heavy atom. The molecular weight excluding hydrogens is 220 g/mol. The molecule has 17 heavy (non-hydrogen) atoms. The van der Waals surface area contributed by atoms with Gasteiger partial charge < -0.3 is 14.9 Å². The van der Waals surface area contributed by atoms with Crippen LogP contribution >= 0.6 is 0 Å². The van der Waals surface area contributed by atoms with Crippen molar-refractivity contribution >= 4 is 11.9 Å². The molecule has 0 spiro atoms. The molecule has 0 heterocycles. The summed E-state index contributed by atoms with van der Waals surface area (Å²) in [6.07, 6.45) is 4.02. The fraction of sp³-hybridized carbons (Fsp3) is 0.154. The van der Waals surface area contributed by atoms with Crippen LogP contribution in [-0.2, 0) is 4.79 Å². The number of carbonyl (C=O) groups is 1. The van der Waals surface area contributed by atoms with Crippen molar-refractivity contribution in [3.63, 3.8) is 0 Å². The summed E-state index contributed by atoms with van der Waals surface area (Å²) >= 11 is 0. The molecule has 4 nitrogen and oxygen atoms in total. The predicted octanol–water partition coefficient (Wildman–Crippen LogP) is 2.44. The van der Waals surface area contributed by atoms with E-state index in [-0.39, 0.29) is 17.3 Å². The normalized spacial score (nSPS) is 11.8. The summed E-state index contributed by atoms with van der Waals surface area (Å²) in [4.78, 5) is 11.2. The Bertz CT molecular complexity index is 468. The van der Waals surface area contributed by atoms with E-state index in [9.17, 15) is 9.90 Å². The van der Waals surface area contributed by atoms with Crippen molar-refractivity contribution in [2.24, 2.45) is 0 Å². The summed E-state index contributed by atoms with van der Waals surface area (Å²) in [5.74, 6) is 0.0375. The molecule has 0 amide bonds. The van der Waals surface area contributed by atoms with E-state index >= 15 is 0 Å². The number of aliphatic hydroxyl groups is 1. The van der Waals surface area contributed by atoms with Crippen molar-refractivity contribution in [3.05, 3.63) is 41.7 Å². The molecule has 0 radical (unpaired) electrons. The van der Waals surface area contributed by atoms with Gasteiger partial charge in [0.05, 0.1) is 12.9 Å². The molecule has 0 aliphatic carbocycles. The van der Waals surface area contributed by atoms with Gasteiger partial charge in [-0.3, -0.25) is 4.79 Å². The lowest BCUT2D eigenvalue weighted by atomic mass is 10.1. The van der Waals surface area contributed by atoms with Crippen LogP contribution in [0.4, 0.5) is 0 Å². The number of phenolic OH excluding ortho intramolecular Hbond substituents is 1. The molecule has 0 aliphatic rings. The van der Waals surface area contributed by atoms with Crippen molar-refractivity contribution in [1.29, 1.82) is 0 Å². The van der Waals surface area contributed by atoms with Gasteiger partial charge in [0.2, 0.25) is 0 Å². The second-order valence-electron chi connectivity index (χ2n) is 3.45. The Balaban J connectivity index is 2.85. The maximum absolute atomic E-state index is 11.2. The zero-order valence-electron chi connectivity index (χ0n) is 9.68. The Morgan fingerprint density at radius 3 is 2.71 bits per heavy atom. The number of allylic oxidation sites excluding steroid dienone is 3. The average molecular weight is 234 g/mol. The van der Waals surface area contributed by atoms with Gasteiger partial charge in [0, 0.05) is 6.08 Å². The van der Waals surface area contributed by atoms with E-state index in [1.165, 1.54) is 26.2 Å². The third-order valence-electron chi connectivity index (χ3n) is 1.99. The number of benzene rings is 1. The maximum Gasteiger partial charge on any atom is 0.181 e. The van der Waals surface area contributed by atoms with E-state index in [2.05, 4.69) is 0 Å². The minimum absolute atomic E-state index is 0.0389. The highest BCUT2D eigenvalue weighted by molar-refractivity contribution is 6.02. The lowest BCUT2D eigenvalue weighted by Gasteiger charge is -2.03. The highest BCUT2D eigenvalue weighted by atomic mass is 16.5. The molecule has 90 valence electrons. The van der Waals surface area contributed by atoms with Crippen LogP contribution in [0.3, 0.4) is 0 Å². The van der Waals surface area contributed by atoms with Crippen molar-refractivity contribution < 1.29 is 19.7 Å². The average Bonchev–Trinajstić information content (AvgIpc) is 2.27. The first-order valence-corrected chi connectivity index (χ1v) is 4.99. The third-order valence-corrected chi connectivity index (χ3v) is 1.99. The number of hydrogen-bond acceptors (Lipinski definition) is 4. The predicted molar refractivity (Wildman–Crippen MR) is 65.1 cm³/mol. The summed E-state index contributed by atoms with van der Waals surface area (Å²) < 4.78 is 4.94. The lowest BCUT2D eigenvalue weighted by molar-refractivity contribution is -0.110. The molecule has 2 N–H and O–H groups in total. The first-order valence-electron chi connectivity index (χ1n) is 4.99. The van der Waals surface area contributed by atoms with E-state index in [1.807, 2.05) is 0 Å². The molecule has 0 aliphatic heterocycles. The van der Waals surface area contributed by atoms with Gasteiger partial charge in [-0.15, -0.1) is 0 Å². The first kappa shape index (κ1) is 12.8.